The van der Waals surface area contributed by atoms with E-state index in [-0.39, 0.29) is 35.1 Å². The Bertz CT molecular complexity index is 1270. The molecule has 3 rings (SSSR count). The van der Waals surface area contributed by atoms with E-state index in [4.69, 9.17) is 20.8 Å². The van der Waals surface area contributed by atoms with Crippen LogP contribution >= 0.6 is 11.6 Å². The summed E-state index contributed by atoms with van der Waals surface area (Å²) in [5, 5.41) is 0.467. The first kappa shape index (κ1) is 24.1. The van der Waals surface area contributed by atoms with Gasteiger partial charge in [-0.05, 0) is 54.6 Å². The lowest BCUT2D eigenvalue weighted by Gasteiger charge is -2.23. The third-order valence-corrected chi connectivity index (χ3v) is 6.50. The minimum Gasteiger partial charge on any atom is -0.463 e. The second-order valence-electron chi connectivity index (χ2n) is 6.66. The summed E-state index contributed by atoms with van der Waals surface area (Å²) in [4.78, 5) is 23.8. The average Bonchev–Trinajstić information content (AvgIpc) is 3.30. The lowest BCUT2D eigenvalue weighted by Crippen LogP contribution is -2.31. The predicted octanol–water partition coefficient (Wildman–Crippen LogP) is 4.46. The molecular weight excluding hydrogens is 470 g/mol. The molecule has 0 radical (unpaired) electrons. The van der Waals surface area contributed by atoms with Gasteiger partial charge in [-0.3, -0.25) is 4.31 Å². The molecule has 0 aliphatic heterocycles. The molecule has 1 aromatic heterocycles. The van der Waals surface area contributed by atoms with Gasteiger partial charge in [0.1, 0.15) is 12.4 Å². The monoisotopic (exact) mass is 489 g/mol. The Morgan fingerprint density at radius 3 is 2.48 bits per heavy atom. The summed E-state index contributed by atoms with van der Waals surface area (Å²) in [6.07, 6.45) is 1.45. The molecule has 1 heterocycles. The molecule has 0 saturated heterocycles. The fourth-order valence-corrected chi connectivity index (χ4v) is 4.47. The van der Waals surface area contributed by atoms with Crippen molar-refractivity contribution in [1.29, 1.82) is 0 Å². The number of anilines is 1. The number of hydrogen-bond donors (Lipinski definition) is 0. The molecule has 0 N–H and O–H groups in total. The number of carbonyl (C=O) groups excluding carboxylic acids is 2. The van der Waals surface area contributed by atoms with Gasteiger partial charge in [0.25, 0.3) is 10.0 Å². The van der Waals surface area contributed by atoms with E-state index < -0.39 is 22.0 Å². The highest BCUT2D eigenvalue weighted by atomic mass is 35.5. The number of ether oxygens (including phenoxy) is 2. The van der Waals surface area contributed by atoms with Crippen LogP contribution < -0.4 is 4.31 Å². The minimum absolute atomic E-state index is 0.0136. The molecule has 172 valence electrons. The highest BCUT2D eigenvalue weighted by molar-refractivity contribution is 7.92. The van der Waals surface area contributed by atoms with Crippen molar-refractivity contribution in [3.63, 3.8) is 0 Å². The standard InChI is InChI=1S/C23H20ClNO7S/c1-3-13-25(18-9-7-17(24)8-10-18)33(28,29)20-6-4-5-16(14-20)22(26)31-15-19-11-12-21(32-19)23(27)30-2/h3-12,14H,1,13,15H2,2H3. The number of rotatable bonds is 9. The number of nitrogens with zero attached hydrogens (tertiary/aromatic N) is 1. The van der Waals surface area contributed by atoms with Gasteiger partial charge in [-0.1, -0.05) is 23.7 Å². The Kier molecular flexibility index (Phi) is 7.57. The molecule has 0 aliphatic rings. The maximum absolute atomic E-state index is 13.3. The van der Waals surface area contributed by atoms with E-state index in [0.29, 0.717) is 10.7 Å². The molecule has 8 nitrogen and oxygen atoms in total. The van der Waals surface area contributed by atoms with Crippen LogP contribution in [0.25, 0.3) is 0 Å². The van der Waals surface area contributed by atoms with Crippen LogP contribution in [0.3, 0.4) is 0 Å². The maximum Gasteiger partial charge on any atom is 0.373 e. The van der Waals surface area contributed by atoms with Crippen LogP contribution in [-0.4, -0.2) is 34.0 Å². The van der Waals surface area contributed by atoms with E-state index in [1.54, 1.807) is 24.3 Å². The predicted molar refractivity (Wildman–Crippen MR) is 122 cm³/mol. The first-order valence-electron chi connectivity index (χ1n) is 9.59. The van der Waals surface area contributed by atoms with E-state index in [1.807, 2.05) is 0 Å². The van der Waals surface area contributed by atoms with Crippen molar-refractivity contribution in [1.82, 2.24) is 0 Å². The van der Waals surface area contributed by atoms with Crippen molar-refractivity contribution in [3.05, 3.63) is 95.4 Å². The van der Waals surface area contributed by atoms with Crippen LogP contribution in [0, 0.1) is 0 Å². The SMILES string of the molecule is C=CCN(c1ccc(Cl)cc1)S(=O)(=O)c1cccc(C(=O)OCc2ccc(C(=O)OC)o2)c1. The summed E-state index contributed by atoms with van der Waals surface area (Å²) < 4.78 is 42.7. The molecule has 2 aromatic carbocycles. The van der Waals surface area contributed by atoms with Crippen molar-refractivity contribution in [3.8, 4) is 0 Å². The zero-order valence-corrected chi connectivity index (χ0v) is 19.1. The summed E-state index contributed by atoms with van der Waals surface area (Å²) in [6, 6.07) is 14.7. The lowest BCUT2D eigenvalue weighted by molar-refractivity contribution is 0.0438. The summed E-state index contributed by atoms with van der Waals surface area (Å²) in [5.41, 5.74) is 0.428. The maximum atomic E-state index is 13.3. The first-order chi connectivity index (χ1) is 15.8. The van der Waals surface area contributed by atoms with Crippen LogP contribution in [0.2, 0.25) is 5.02 Å². The van der Waals surface area contributed by atoms with Gasteiger partial charge in [0.05, 0.1) is 29.8 Å². The number of carbonyl (C=O) groups is 2. The quantitative estimate of drug-likeness (QED) is 0.323. The summed E-state index contributed by atoms with van der Waals surface area (Å²) in [6.45, 7) is 3.39. The molecule has 0 unspecified atom stereocenters. The van der Waals surface area contributed by atoms with Gasteiger partial charge < -0.3 is 13.9 Å². The molecule has 0 amide bonds. The van der Waals surface area contributed by atoms with Crippen molar-refractivity contribution in [2.45, 2.75) is 11.5 Å². The Hall–Kier alpha value is -3.56. The van der Waals surface area contributed by atoms with Crippen molar-refractivity contribution in [2.24, 2.45) is 0 Å². The molecule has 3 aromatic rings. The molecule has 0 fully saturated rings. The Balaban J connectivity index is 1.80. The highest BCUT2D eigenvalue weighted by Gasteiger charge is 2.25. The van der Waals surface area contributed by atoms with Crippen LogP contribution in [0.5, 0.6) is 0 Å². The number of hydrogen-bond acceptors (Lipinski definition) is 7. The van der Waals surface area contributed by atoms with E-state index in [2.05, 4.69) is 11.3 Å². The first-order valence-corrected chi connectivity index (χ1v) is 11.4. The van der Waals surface area contributed by atoms with Crippen molar-refractivity contribution in [2.75, 3.05) is 18.0 Å². The molecule has 10 heteroatoms. The zero-order chi connectivity index (χ0) is 24.0. The third kappa shape index (κ3) is 5.63. The highest BCUT2D eigenvalue weighted by Crippen LogP contribution is 2.26. The minimum atomic E-state index is -4.02. The second-order valence-corrected chi connectivity index (χ2v) is 8.96. The number of esters is 2. The Morgan fingerprint density at radius 2 is 1.82 bits per heavy atom. The smallest absolute Gasteiger partial charge is 0.373 e. The molecule has 0 atom stereocenters. The van der Waals surface area contributed by atoms with Gasteiger partial charge in [0.15, 0.2) is 0 Å². The average molecular weight is 490 g/mol. The van der Waals surface area contributed by atoms with Crippen LogP contribution in [0.4, 0.5) is 5.69 Å². The van der Waals surface area contributed by atoms with E-state index >= 15 is 0 Å². The van der Waals surface area contributed by atoms with E-state index in [0.717, 1.165) is 4.31 Å². The summed E-state index contributed by atoms with van der Waals surface area (Å²) >= 11 is 5.91. The van der Waals surface area contributed by atoms with Crippen LogP contribution in [0.1, 0.15) is 26.7 Å². The topological polar surface area (TPSA) is 103 Å². The van der Waals surface area contributed by atoms with Crippen LogP contribution in [-0.2, 0) is 26.1 Å². The van der Waals surface area contributed by atoms with E-state index in [9.17, 15) is 18.0 Å². The Morgan fingerprint density at radius 1 is 1.09 bits per heavy atom. The fraction of sp³-hybridized carbons (Fsp3) is 0.130. The lowest BCUT2D eigenvalue weighted by atomic mass is 10.2. The molecule has 0 bridgehead atoms. The van der Waals surface area contributed by atoms with E-state index in [1.165, 1.54) is 49.6 Å². The largest absolute Gasteiger partial charge is 0.463 e. The molecule has 33 heavy (non-hydrogen) atoms. The van der Waals surface area contributed by atoms with Gasteiger partial charge in [-0.2, -0.15) is 0 Å². The summed E-state index contributed by atoms with van der Waals surface area (Å²) in [7, 11) is -2.80. The number of furan rings is 1. The normalized spacial score (nSPS) is 11.0. The molecule has 0 aliphatic carbocycles. The van der Waals surface area contributed by atoms with Crippen molar-refractivity contribution < 1.29 is 31.9 Å². The number of benzene rings is 2. The van der Waals surface area contributed by atoms with Gasteiger partial charge >= 0.3 is 11.9 Å². The Labute approximate surface area is 196 Å². The molecular formula is C23H20ClNO7S. The fourth-order valence-electron chi connectivity index (χ4n) is 2.86. The van der Waals surface area contributed by atoms with Gasteiger partial charge in [-0.15, -0.1) is 6.58 Å². The van der Waals surface area contributed by atoms with Crippen molar-refractivity contribution >= 4 is 39.3 Å². The van der Waals surface area contributed by atoms with Gasteiger partial charge in [0.2, 0.25) is 5.76 Å². The zero-order valence-electron chi connectivity index (χ0n) is 17.6. The number of sulfonamides is 1. The number of halogens is 1. The van der Waals surface area contributed by atoms with Crippen LogP contribution in [0.15, 0.2) is 82.6 Å². The molecule has 0 saturated carbocycles. The van der Waals surface area contributed by atoms with Gasteiger partial charge in [-0.25, -0.2) is 18.0 Å². The van der Waals surface area contributed by atoms with Gasteiger partial charge in [0, 0.05) is 5.02 Å². The number of methoxy groups -OCH3 is 1. The summed E-state index contributed by atoms with van der Waals surface area (Å²) in [5.74, 6) is -1.21. The second kappa shape index (κ2) is 10.4. The molecule has 0 spiro atoms. The third-order valence-electron chi connectivity index (χ3n) is 4.46.